The lowest BCUT2D eigenvalue weighted by Crippen LogP contribution is -2.33. The number of ether oxygens (including phenoxy) is 1. The summed E-state index contributed by atoms with van der Waals surface area (Å²) in [4.78, 5) is 21.8. The number of hydrogen-bond acceptors (Lipinski definition) is 4. The predicted molar refractivity (Wildman–Crippen MR) is 93.1 cm³/mol. The van der Waals surface area contributed by atoms with Gasteiger partial charge in [0, 0.05) is 24.3 Å². The van der Waals surface area contributed by atoms with Gasteiger partial charge in [-0.1, -0.05) is 56.3 Å². The maximum absolute atomic E-state index is 11.6. The molecule has 0 fully saturated rings. The highest BCUT2D eigenvalue weighted by Crippen LogP contribution is 2.32. The number of aliphatic carboxylic acids is 1. The lowest BCUT2D eigenvalue weighted by molar-refractivity contribution is -0.305. The third kappa shape index (κ3) is 5.35. The van der Waals surface area contributed by atoms with E-state index in [2.05, 4.69) is 31.3 Å². The molecule has 0 saturated heterocycles. The monoisotopic (exact) mass is 340 g/mol. The average Bonchev–Trinajstić information content (AvgIpc) is 2.61. The second-order valence-electron chi connectivity index (χ2n) is 6.28. The van der Waals surface area contributed by atoms with Crippen LogP contribution in [0.15, 0.2) is 54.6 Å². The molecule has 0 bridgehead atoms. The van der Waals surface area contributed by atoms with E-state index in [9.17, 15) is 14.7 Å². The standard InChI is InChI=1S/C20H23NO4/c1-20(2,15-6-4-3-5-7-15)16-8-10-17(11-9-16)25-14-18(22)21-13-12-19(23)24/h3-11H,12-14H2,1-2H3,(H,21,22)(H,23,24)/p-1. The Morgan fingerprint density at radius 1 is 1.00 bits per heavy atom. The lowest BCUT2D eigenvalue weighted by atomic mass is 9.78. The Morgan fingerprint density at radius 3 is 2.20 bits per heavy atom. The van der Waals surface area contributed by atoms with Crippen molar-refractivity contribution in [2.45, 2.75) is 25.7 Å². The van der Waals surface area contributed by atoms with Crippen LogP contribution in [0.1, 0.15) is 31.4 Å². The first-order valence-electron chi connectivity index (χ1n) is 8.15. The second-order valence-corrected chi connectivity index (χ2v) is 6.28. The molecule has 5 heteroatoms. The van der Waals surface area contributed by atoms with Crippen LogP contribution in [0.3, 0.4) is 0 Å². The fourth-order valence-electron chi connectivity index (χ4n) is 2.49. The van der Waals surface area contributed by atoms with Crippen molar-refractivity contribution in [1.82, 2.24) is 5.32 Å². The van der Waals surface area contributed by atoms with Gasteiger partial charge in [-0.2, -0.15) is 0 Å². The molecular weight excluding hydrogens is 318 g/mol. The Kier molecular flexibility index (Phi) is 6.17. The third-order valence-electron chi connectivity index (χ3n) is 4.09. The summed E-state index contributed by atoms with van der Waals surface area (Å²) in [6.45, 7) is 4.19. The summed E-state index contributed by atoms with van der Waals surface area (Å²) in [7, 11) is 0. The van der Waals surface area contributed by atoms with E-state index in [1.165, 1.54) is 5.56 Å². The van der Waals surface area contributed by atoms with Gasteiger partial charge in [0.25, 0.3) is 5.91 Å². The van der Waals surface area contributed by atoms with Crippen LogP contribution in [-0.4, -0.2) is 25.0 Å². The van der Waals surface area contributed by atoms with E-state index < -0.39 is 5.97 Å². The highest BCUT2D eigenvalue weighted by atomic mass is 16.5. The zero-order valence-electron chi connectivity index (χ0n) is 14.5. The molecule has 2 rings (SSSR count). The van der Waals surface area contributed by atoms with Crippen LogP contribution in [-0.2, 0) is 15.0 Å². The predicted octanol–water partition coefficient (Wildman–Crippen LogP) is 1.65. The van der Waals surface area contributed by atoms with Crippen molar-refractivity contribution < 1.29 is 19.4 Å². The quantitative estimate of drug-likeness (QED) is 0.792. The van der Waals surface area contributed by atoms with E-state index >= 15 is 0 Å². The first-order valence-corrected chi connectivity index (χ1v) is 8.15. The number of rotatable bonds is 8. The highest BCUT2D eigenvalue weighted by Gasteiger charge is 2.22. The van der Waals surface area contributed by atoms with Crippen LogP contribution >= 0.6 is 0 Å². The maximum Gasteiger partial charge on any atom is 0.257 e. The molecule has 132 valence electrons. The van der Waals surface area contributed by atoms with Gasteiger partial charge >= 0.3 is 0 Å². The Balaban J connectivity index is 1.92. The molecule has 1 N–H and O–H groups in total. The number of benzene rings is 2. The van der Waals surface area contributed by atoms with Crippen molar-refractivity contribution in [3.63, 3.8) is 0 Å². The summed E-state index contributed by atoms with van der Waals surface area (Å²) in [6.07, 6.45) is -0.213. The number of nitrogens with one attached hydrogen (secondary N) is 1. The molecule has 1 amide bonds. The molecule has 0 aliphatic rings. The zero-order valence-corrected chi connectivity index (χ0v) is 14.5. The largest absolute Gasteiger partial charge is 0.550 e. The van der Waals surface area contributed by atoms with Crippen LogP contribution < -0.4 is 15.2 Å². The third-order valence-corrected chi connectivity index (χ3v) is 4.09. The highest BCUT2D eigenvalue weighted by molar-refractivity contribution is 5.78. The minimum absolute atomic E-state index is 0.0364. The number of carbonyl (C=O) groups excluding carboxylic acids is 2. The normalized spacial score (nSPS) is 11.0. The van der Waals surface area contributed by atoms with Crippen molar-refractivity contribution >= 4 is 11.9 Å². The van der Waals surface area contributed by atoms with Crippen LogP contribution in [0.5, 0.6) is 5.75 Å². The number of amides is 1. The molecule has 0 spiro atoms. The van der Waals surface area contributed by atoms with Crippen LogP contribution in [0.2, 0.25) is 0 Å². The van der Waals surface area contributed by atoms with Gasteiger partial charge in [-0.15, -0.1) is 0 Å². The van der Waals surface area contributed by atoms with Gasteiger partial charge in [-0.25, -0.2) is 0 Å². The Hall–Kier alpha value is -2.82. The summed E-state index contributed by atoms with van der Waals surface area (Å²) < 4.78 is 5.42. The minimum Gasteiger partial charge on any atom is -0.550 e. The first-order chi connectivity index (χ1) is 11.9. The second kappa shape index (κ2) is 8.33. The Bertz CT molecular complexity index is 708. The van der Waals surface area contributed by atoms with Gasteiger partial charge in [0.2, 0.25) is 0 Å². The van der Waals surface area contributed by atoms with Crippen molar-refractivity contribution in [3.8, 4) is 5.75 Å². The smallest absolute Gasteiger partial charge is 0.257 e. The number of carbonyl (C=O) groups is 2. The van der Waals surface area contributed by atoms with Gasteiger partial charge < -0.3 is 20.0 Å². The average molecular weight is 340 g/mol. The van der Waals surface area contributed by atoms with Crippen LogP contribution in [0, 0.1) is 0 Å². The van der Waals surface area contributed by atoms with Gasteiger partial charge in [0.15, 0.2) is 6.61 Å². The summed E-state index contributed by atoms with van der Waals surface area (Å²) in [6, 6.07) is 17.9. The molecule has 0 aliphatic heterocycles. The van der Waals surface area contributed by atoms with Crippen LogP contribution in [0.25, 0.3) is 0 Å². The van der Waals surface area contributed by atoms with E-state index in [0.717, 1.165) is 5.56 Å². The van der Waals surface area contributed by atoms with Crippen molar-refractivity contribution in [1.29, 1.82) is 0 Å². The molecule has 0 aromatic heterocycles. The summed E-state index contributed by atoms with van der Waals surface area (Å²) >= 11 is 0. The first kappa shape index (κ1) is 18.5. The van der Waals surface area contributed by atoms with Gasteiger partial charge in [0.05, 0.1) is 0 Å². The van der Waals surface area contributed by atoms with E-state index in [4.69, 9.17) is 4.74 Å². The van der Waals surface area contributed by atoms with E-state index in [1.807, 2.05) is 42.5 Å². The number of carboxylic acids is 1. The zero-order chi connectivity index (χ0) is 18.3. The van der Waals surface area contributed by atoms with Crippen molar-refractivity contribution in [3.05, 3.63) is 65.7 Å². The number of carboxylic acid groups (broad SMARTS) is 1. The summed E-state index contributed by atoms with van der Waals surface area (Å²) in [5, 5.41) is 12.7. The molecule has 0 radical (unpaired) electrons. The summed E-state index contributed by atoms with van der Waals surface area (Å²) in [5.74, 6) is -0.976. The Labute approximate surface area is 147 Å². The van der Waals surface area contributed by atoms with Crippen molar-refractivity contribution in [2.75, 3.05) is 13.2 Å². The van der Waals surface area contributed by atoms with E-state index in [0.29, 0.717) is 5.75 Å². The SMILES string of the molecule is CC(C)(c1ccccc1)c1ccc(OCC(=O)NCCC(=O)[O-])cc1. The molecule has 2 aromatic rings. The fourth-order valence-corrected chi connectivity index (χ4v) is 2.49. The molecule has 0 atom stereocenters. The maximum atomic E-state index is 11.6. The molecule has 5 nitrogen and oxygen atoms in total. The molecule has 0 saturated carbocycles. The number of hydrogen-bond donors (Lipinski definition) is 1. The summed E-state index contributed by atoms with van der Waals surface area (Å²) in [5.41, 5.74) is 2.22. The van der Waals surface area contributed by atoms with Gasteiger partial charge in [0.1, 0.15) is 5.75 Å². The lowest BCUT2D eigenvalue weighted by Gasteiger charge is -2.26. The molecule has 2 aromatic carbocycles. The fraction of sp³-hybridized carbons (Fsp3) is 0.300. The van der Waals surface area contributed by atoms with Gasteiger partial charge in [-0.3, -0.25) is 4.79 Å². The topological polar surface area (TPSA) is 78.5 Å². The van der Waals surface area contributed by atoms with E-state index in [-0.39, 0.29) is 30.9 Å². The minimum atomic E-state index is -1.20. The molecule has 0 unspecified atom stereocenters. The Morgan fingerprint density at radius 2 is 1.60 bits per heavy atom. The molecule has 25 heavy (non-hydrogen) atoms. The molecule has 0 aliphatic carbocycles. The van der Waals surface area contributed by atoms with E-state index in [1.54, 1.807) is 0 Å². The van der Waals surface area contributed by atoms with Gasteiger partial charge in [-0.05, 0) is 23.3 Å². The molecular formula is C20H22NO4-. The molecule has 0 heterocycles. The van der Waals surface area contributed by atoms with Crippen molar-refractivity contribution in [2.24, 2.45) is 0 Å². The van der Waals surface area contributed by atoms with Crippen LogP contribution in [0.4, 0.5) is 0 Å².